The fourth-order valence-corrected chi connectivity index (χ4v) is 7.03. The Morgan fingerprint density at radius 2 is 1.67 bits per heavy atom. The van der Waals surface area contributed by atoms with E-state index in [-0.39, 0.29) is 29.7 Å². The van der Waals surface area contributed by atoms with Gasteiger partial charge in [0.1, 0.15) is 0 Å². The summed E-state index contributed by atoms with van der Waals surface area (Å²) in [5.41, 5.74) is 3.16. The average molecular weight is 673 g/mol. The number of carboxylic acid groups (broad SMARTS) is 1. The number of allylic oxidation sites excluding steroid dienone is 6. The number of rotatable bonds is 14. The Morgan fingerprint density at radius 1 is 0.935 bits per heavy atom. The molecule has 0 saturated carbocycles. The second kappa shape index (κ2) is 13.6. The molecule has 3 N–H and O–H groups in total. The Hall–Kier alpha value is -3.65. The van der Waals surface area contributed by atoms with E-state index in [1.54, 1.807) is 6.07 Å². The van der Waals surface area contributed by atoms with Crippen molar-refractivity contribution < 1.29 is 40.4 Å². The molecule has 2 aliphatic heterocycles. The molecule has 0 amide bonds. The second-order valence-electron chi connectivity index (χ2n) is 12.6. The van der Waals surface area contributed by atoms with Crippen LogP contribution < -0.4 is 9.47 Å². The molecule has 0 bridgehead atoms. The summed E-state index contributed by atoms with van der Waals surface area (Å²) in [5, 5.41) is 8.87. The van der Waals surface area contributed by atoms with Gasteiger partial charge in [0.2, 0.25) is 0 Å². The smallest absolute Gasteiger partial charge is 0.327 e. The fourth-order valence-electron chi connectivity index (χ4n) is 6.03. The first-order valence-electron chi connectivity index (χ1n) is 15.2. The van der Waals surface area contributed by atoms with Crippen LogP contribution in [0.25, 0.3) is 0 Å². The number of pyridine rings is 1. The van der Waals surface area contributed by atoms with Crippen molar-refractivity contribution in [2.45, 2.75) is 82.1 Å². The molecule has 1 aromatic carbocycles. The molecule has 0 aliphatic carbocycles. The van der Waals surface area contributed by atoms with Crippen LogP contribution in [-0.2, 0) is 42.4 Å². The Labute approximate surface area is 271 Å². The summed E-state index contributed by atoms with van der Waals surface area (Å²) < 4.78 is 67.5. The van der Waals surface area contributed by atoms with Crippen molar-refractivity contribution in [3.8, 4) is 0 Å². The number of aryl methyl sites for hydroxylation is 1. The third kappa shape index (κ3) is 8.00. The van der Waals surface area contributed by atoms with E-state index in [0.717, 1.165) is 42.2 Å². The lowest BCUT2D eigenvalue weighted by atomic mass is 9.82. The van der Waals surface area contributed by atoms with E-state index in [1.807, 2.05) is 61.4 Å². The second-order valence-corrected chi connectivity index (χ2v) is 15.6. The number of carboxylic acids is 1. The largest absolute Gasteiger partial charge is 0.481 e. The first-order valence-corrected chi connectivity index (χ1v) is 18.2. The minimum absolute atomic E-state index is 0.146. The molecule has 46 heavy (non-hydrogen) atoms. The fraction of sp³-hybridized carbons (Fsp3) is 0.424. The van der Waals surface area contributed by atoms with Gasteiger partial charge in [-0.3, -0.25) is 13.9 Å². The highest BCUT2D eigenvalue weighted by Crippen LogP contribution is 2.48. The zero-order valence-corrected chi connectivity index (χ0v) is 28.2. The predicted octanol–water partition coefficient (Wildman–Crippen LogP) is 5.30. The molecule has 4 rings (SSSR count). The summed E-state index contributed by atoms with van der Waals surface area (Å²) in [7, 11) is -8.58. The molecular weight excluding hydrogens is 631 g/mol. The molecule has 0 unspecified atom stereocenters. The van der Waals surface area contributed by atoms with E-state index in [0.29, 0.717) is 17.7 Å². The van der Waals surface area contributed by atoms with E-state index < -0.39 is 37.4 Å². The normalized spacial score (nSPS) is 18.0. The number of aromatic nitrogens is 1. The number of fused-ring (bicyclic) bond motifs is 2. The van der Waals surface area contributed by atoms with E-state index >= 15 is 0 Å². The van der Waals surface area contributed by atoms with Crippen molar-refractivity contribution in [1.82, 2.24) is 0 Å². The van der Waals surface area contributed by atoms with Gasteiger partial charge in [-0.05, 0) is 92.6 Å². The predicted molar refractivity (Wildman–Crippen MR) is 177 cm³/mol. The first kappa shape index (κ1) is 35.2. The van der Waals surface area contributed by atoms with Crippen LogP contribution in [0, 0.1) is 0 Å². The highest BCUT2D eigenvalue weighted by Gasteiger charge is 2.42. The summed E-state index contributed by atoms with van der Waals surface area (Å²) in [4.78, 5) is 17.4. The Bertz CT molecular complexity index is 1840. The van der Waals surface area contributed by atoms with Crippen molar-refractivity contribution in [3.05, 3.63) is 83.7 Å². The number of benzene rings is 1. The van der Waals surface area contributed by atoms with Gasteiger partial charge < -0.3 is 10.0 Å². The van der Waals surface area contributed by atoms with Crippen LogP contribution >= 0.6 is 0 Å². The van der Waals surface area contributed by atoms with Gasteiger partial charge in [0.05, 0.1) is 34.4 Å². The lowest BCUT2D eigenvalue weighted by Gasteiger charge is -2.27. The SMILES string of the molecule is CC1(C)C(=CC=CC=CC2=Nc3c(ccc[n+]3CCCCCC(=O)O)C2(C)C)N(CCCS(=O)(=O)O)c2ccc(S(=O)(=O)O)cc21. The molecule has 0 spiro atoms. The van der Waals surface area contributed by atoms with E-state index in [4.69, 9.17) is 10.1 Å². The minimum Gasteiger partial charge on any atom is -0.481 e. The minimum atomic E-state index is -4.43. The zero-order valence-electron chi connectivity index (χ0n) is 26.5. The number of carbonyl (C=O) groups is 1. The van der Waals surface area contributed by atoms with Crippen LogP contribution in [0.3, 0.4) is 0 Å². The van der Waals surface area contributed by atoms with Crippen LogP contribution in [0.4, 0.5) is 11.5 Å². The number of aliphatic imine (C=N–C) groups is 1. The molecule has 2 aromatic rings. The zero-order chi connectivity index (χ0) is 33.9. The van der Waals surface area contributed by atoms with Gasteiger partial charge in [0, 0.05) is 29.8 Å². The van der Waals surface area contributed by atoms with Crippen molar-refractivity contribution in [1.29, 1.82) is 0 Å². The van der Waals surface area contributed by atoms with Crippen molar-refractivity contribution in [2.75, 3.05) is 17.2 Å². The summed E-state index contributed by atoms with van der Waals surface area (Å²) in [6.07, 6.45) is 14.1. The number of hydrogen-bond donors (Lipinski definition) is 3. The van der Waals surface area contributed by atoms with Crippen LogP contribution in [-0.4, -0.2) is 55.0 Å². The lowest BCUT2D eigenvalue weighted by molar-refractivity contribution is -0.684. The highest BCUT2D eigenvalue weighted by molar-refractivity contribution is 7.86. The molecule has 2 aliphatic rings. The topological polar surface area (TPSA) is 166 Å². The quantitative estimate of drug-likeness (QED) is 0.104. The van der Waals surface area contributed by atoms with Gasteiger partial charge in [-0.1, -0.05) is 32.1 Å². The number of aliphatic carboxylic acids is 1. The van der Waals surface area contributed by atoms with Crippen molar-refractivity contribution in [3.63, 3.8) is 0 Å². The monoisotopic (exact) mass is 672 g/mol. The van der Waals surface area contributed by atoms with Crippen LogP contribution in [0.5, 0.6) is 0 Å². The van der Waals surface area contributed by atoms with Gasteiger partial charge in [-0.25, -0.2) is 4.57 Å². The first-order chi connectivity index (χ1) is 21.4. The van der Waals surface area contributed by atoms with Gasteiger partial charge >= 0.3 is 11.8 Å². The Morgan fingerprint density at radius 3 is 2.35 bits per heavy atom. The summed E-state index contributed by atoms with van der Waals surface area (Å²) in [6.45, 7) is 9.10. The van der Waals surface area contributed by atoms with Gasteiger partial charge in [0.25, 0.3) is 20.2 Å². The number of nitrogens with zero attached hydrogens (tertiary/aromatic N) is 3. The number of unbranched alkanes of at least 4 members (excludes halogenated alkanes) is 2. The third-order valence-corrected chi connectivity index (χ3v) is 10.2. The molecule has 0 atom stereocenters. The third-order valence-electron chi connectivity index (χ3n) is 8.55. The number of hydrogen-bond acceptors (Lipinski definition) is 7. The molecular formula is C33H42N3O8S2+. The maximum Gasteiger partial charge on any atom is 0.327 e. The van der Waals surface area contributed by atoms with Crippen molar-refractivity contribution >= 4 is 43.4 Å². The molecule has 0 saturated heterocycles. The Balaban J connectivity index is 1.55. The van der Waals surface area contributed by atoms with E-state index in [2.05, 4.69) is 24.5 Å². The molecule has 0 fully saturated rings. The summed E-state index contributed by atoms with van der Waals surface area (Å²) in [5.74, 6) is -0.300. The Kier molecular flexibility index (Phi) is 10.4. The van der Waals surface area contributed by atoms with Gasteiger partial charge in [-0.2, -0.15) is 16.8 Å². The van der Waals surface area contributed by atoms with Gasteiger partial charge in [-0.15, -0.1) is 0 Å². The van der Waals surface area contributed by atoms with E-state index in [1.165, 1.54) is 12.1 Å². The van der Waals surface area contributed by atoms with Crippen LogP contribution in [0.1, 0.15) is 70.9 Å². The molecule has 1 aromatic heterocycles. The van der Waals surface area contributed by atoms with Crippen LogP contribution in [0.15, 0.2) is 82.5 Å². The lowest BCUT2D eigenvalue weighted by Crippen LogP contribution is -2.34. The van der Waals surface area contributed by atoms with E-state index in [9.17, 15) is 30.7 Å². The summed E-state index contributed by atoms with van der Waals surface area (Å²) >= 11 is 0. The maximum atomic E-state index is 11.9. The average Bonchev–Trinajstić information content (AvgIpc) is 3.33. The molecule has 248 valence electrons. The highest BCUT2D eigenvalue weighted by atomic mass is 32.2. The van der Waals surface area contributed by atoms with Crippen molar-refractivity contribution in [2.24, 2.45) is 4.99 Å². The van der Waals surface area contributed by atoms with Crippen LogP contribution in [0.2, 0.25) is 0 Å². The molecule has 13 heteroatoms. The molecule has 11 nitrogen and oxygen atoms in total. The summed E-state index contributed by atoms with van der Waals surface area (Å²) in [6, 6.07) is 8.43. The maximum absolute atomic E-state index is 11.9. The molecule has 3 heterocycles. The number of anilines is 1. The van der Waals surface area contributed by atoms with Gasteiger partial charge in [0.15, 0.2) is 5.71 Å². The molecule has 0 radical (unpaired) electrons. The standard InChI is InChI=1S/C33H41N3O8S2/c1-32(2)25-13-11-20-35(19-10-6-9-16-30(37)38)31(25)34-28(32)14-7-5-8-15-29-33(3,4)26-23-24(46(42,43)44)17-18-27(26)36(29)21-12-22-45(39,40)41/h5,7-8,11,13-15,17-18,20,23H,6,9-10,12,16,19,21-22H2,1-4H3,(H2-,37,38,39,40,41,42,43,44)/p+1.